The van der Waals surface area contributed by atoms with Crippen molar-refractivity contribution in [2.45, 2.75) is 18.5 Å². The van der Waals surface area contributed by atoms with Crippen LogP contribution in [0.1, 0.15) is 6.92 Å². The Kier molecular flexibility index (Phi) is 3.63. The smallest absolute Gasteiger partial charge is 0.264 e. The van der Waals surface area contributed by atoms with Gasteiger partial charge in [0, 0.05) is 11.8 Å². The van der Waals surface area contributed by atoms with E-state index in [0.29, 0.717) is 12.2 Å². The van der Waals surface area contributed by atoms with Crippen LogP contribution < -0.4 is 5.43 Å². The highest BCUT2D eigenvalue weighted by atomic mass is 16.7. The Morgan fingerprint density at radius 3 is 2.00 bits per heavy atom. The summed E-state index contributed by atoms with van der Waals surface area (Å²) < 4.78 is 0. The third-order valence-electron chi connectivity index (χ3n) is 2.67. The molecule has 13 nitrogen and oxygen atoms in total. The molecule has 1 aliphatic carbocycles. The summed E-state index contributed by atoms with van der Waals surface area (Å²) in [5.74, 6) is 0. The SMILES string of the molecule is CC1([N+](=O)[O-])C=C([N+](=O)[O-])C=C([N+](=O)[O-])C1N[N+](=O)[O-]. The molecule has 1 rings (SSSR count). The molecule has 0 heterocycles. The lowest BCUT2D eigenvalue weighted by molar-refractivity contribution is -0.604. The van der Waals surface area contributed by atoms with Gasteiger partial charge in [-0.2, -0.15) is 0 Å². The van der Waals surface area contributed by atoms with Crippen molar-refractivity contribution in [1.82, 2.24) is 5.43 Å². The van der Waals surface area contributed by atoms with Gasteiger partial charge in [-0.05, 0) is 0 Å². The van der Waals surface area contributed by atoms with Crippen LogP contribution in [-0.4, -0.2) is 31.4 Å². The fourth-order valence-electron chi connectivity index (χ4n) is 1.68. The molecule has 0 aliphatic heterocycles. The molecule has 0 amide bonds. The normalized spacial score (nSPS) is 25.1. The summed E-state index contributed by atoms with van der Waals surface area (Å²) in [6.45, 7) is 0.814. The number of hydrogen-bond acceptors (Lipinski definition) is 8. The molecule has 0 saturated carbocycles. The lowest BCUT2D eigenvalue weighted by atomic mass is 9.86. The maximum atomic E-state index is 11.0. The summed E-state index contributed by atoms with van der Waals surface area (Å²) in [6, 6.07) is -1.95. The van der Waals surface area contributed by atoms with Crippen LogP contribution in [0.3, 0.4) is 0 Å². The molecule has 20 heavy (non-hydrogen) atoms. The Morgan fingerprint density at radius 2 is 1.65 bits per heavy atom. The number of nitrogens with zero attached hydrogens (tertiary/aromatic N) is 4. The molecule has 108 valence electrons. The molecule has 0 radical (unpaired) electrons. The Morgan fingerprint density at radius 1 is 1.10 bits per heavy atom. The first-order chi connectivity index (χ1) is 9.09. The van der Waals surface area contributed by atoms with Gasteiger partial charge in [0.15, 0.2) is 5.03 Å². The molecule has 0 saturated heterocycles. The van der Waals surface area contributed by atoms with E-state index in [1.165, 1.54) is 5.43 Å². The van der Waals surface area contributed by atoms with Crippen LogP contribution in [0.25, 0.3) is 0 Å². The Hall–Kier alpha value is -3.12. The van der Waals surface area contributed by atoms with Crippen molar-refractivity contribution < 1.29 is 19.8 Å². The second-order valence-electron chi connectivity index (χ2n) is 3.95. The maximum absolute atomic E-state index is 11.0. The lowest BCUT2D eigenvalue weighted by Crippen LogP contribution is -2.57. The zero-order valence-corrected chi connectivity index (χ0v) is 9.79. The van der Waals surface area contributed by atoms with Crippen molar-refractivity contribution in [1.29, 1.82) is 0 Å². The maximum Gasteiger partial charge on any atom is 0.288 e. The number of hydrogen-bond donors (Lipinski definition) is 1. The molecule has 1 aliphatic rings. The average Bonchev–Trinajstić information content (AvgIpc) is 2.30. The van der Waals surface area contributed by atoms with Gasteiger partial charge in [0.25, 0.3) is 16.9 Å². The van der Waals surface area contributed by atoms with Crippen molar-refractivity contribution in [3.63, 3.8) is 0 Å². The molecule has 0 aromatic rings. The summed E-state index contributed by atoms with van der Waals surface area (Å²) in [5, 5.41) is 41.8. The zero-order chi connectivity index (χ0) is 15.7. The molecule has 0 bridgehead atoms. The van der Waals surface area contributed by atoms with E-state index in [4.69, 9.17) is 0 Å². The summed E-state index contributed by atoms with van der Waals surface area (Å²) in [7, 11) is 0. The third kappa shape index (κ3) is 2.50. The highest BCUT2D eigenvalue weighted by Gasteiger charge is 2.57. The van der Waals surface area contributed by atoms with E-state index in [1.807, 2.05) is 0 Å². The van der Waals surface area contributed by atoms with Crippen LogP contribution in [0.15, 0.2) is 23.5 Å². The minimum absolute atomic E-state index is 0.451. The highest BCUT2D eigenvalue weighted by molar-refractivity contribution is 5.31. The van der Waals surface area contributed by atoms with Crippen LogP contribution >= 0.6 is 0 Å². The number of hydrazine groups is 1. The largest absolute Gasteiger partial charge is 0.288 e. The van der Waals surface area contributed by atoms with Crippen molar-refractivity contribution in [3.05, 3.63) is 64.0 Å². The minimum Gasteiger partial charge on any atom is -0.264 e. The molecule has 1 N–H and O–H groups in total. The van der Waals surface area contributed by atoms with E-state index in [1.54, 1.807) is 0 Å². The molecular weight excluding hydrogens is 282 g/mol. The number of rotatable bonds is 5. The molecule has 2 unspecified atom stereocenters. The average molecular weight is 289 g/mol. The van der Waals surface area contributed by atoms with Gasteiger partial charge in [-0.25, -0.2) is 10.1 Å². The van der Waals surface area contributed by atoms with Crippen LogP contribution in [-0.2, 0) is 0 Å². The van der Waals surface area contributed by atoms with Crippen LogP contribution in [0.4, 0.5) is 0 Å². The van der Waals surface area contributed by atoms with Gasteiger partial charge in [-0.1, -0.05) is 0 Å². The Bertz CT molecular complexity index is 568. The van der Waals surface area contributed by atoms with Crippen molar-refractivity contribution in [2.75, 3.05) is 0 Å². The molecule has 0 spiro atoms. The van der Waals surface area contributed by atoms with Crippen LogP contribution in [0.5, 0.6) is 0 Å². The first-order valence-corrected chi connectivity index (χ1v) is 4.88. The van der Waals surface area contributed by atoms with E-state index in [2.05, 4.69) is 0 Å². The predicted molar refractivity (Wildman–Crippen MR) is 59.5 cm³/mol. The summed E-state index contributed by atoms with van der Waals surface area (Å²) in [5.41, 5.74) is -2.87. The number of allylic oxidation sites excluding steroid dienone is 1. The fraction of sp³-hybridized carbons (Fsp3) is 0.429. The van der Waals surface area contributed by atoms with Gasteiger partial charge < -0.3 is 0 Å². The van der Waals surface area contributed by atoms with Gasteiger partial charge in [0.1, 0.15) is 0 Å². The quantitative estimate of drug-likeness (QED) is 0.514. The predicted octanol–water partition coefficient (Wildman–Crippen LogP) is -0.493. The molecule has 13 heteroatoms. The van der Waals surface area contributed by atoms with E-state index < -0.39 is 42.8 Å². The van der Waals surface area contributed by atoms with Crippen LogP contribution in [0, 0.1) is 40.5 Å². The van der Waals surface area contributed by atoms with Gasteiger partial charge in [-0.15, -0.1) is 5.43 Å². The third-order valence-corrected chi connectivity index (χ3v) is 2.67. The first-order valence-electron chi connectivity index (χ1n) is 4.88. The second-order valence-corrected chi connectivity index (χ2v) is 3.95. The van der Waals surface area contributed by atoms with Gasteiger partial charge in [0.05, 0.1) is 22.0 Å². The van der Waals surface area contributed by atoms with E-state index in [0.717, 1.165) is 6.92 Å². The zero-order valence-electron chi connectivity index (χ0n) is 9.79. The topological polar surface area (TPSA) is 185 Å². The highest BCUT2D eigenvalue weighted by Crippen LogP contribution is 2.30. The van der Waals surface area contributed by atoms with Crippen molar-refractivity contribution >= 4 is 0 Å². The molecule has 0 fully saturated rings. The van der Waals surface area contributed by atoms with Crippen molar-refractivity contribution in [3.8, 4) is 0 Å². The second kappa shape index (κ2) is 4.87. The summed E-state index contributed by atoms with van der Waals surface area (Å²) >= 11 is 0. The monoisotopic (exact) mass is 289 g/mol. The van der Waals surface area contributed by atoms with E-state index in [-0.39, 0.29) is 0 Å². The van der Waals surface area contributed by atoms with Crippen LogP contribution in [0.2, 0.25) is 0 Å². The number of nitro groups is 4. The van der Waals surface area contributed by atoms with Gasteiger partial charge in [0.2, 0.25) is 6.04 Å². The lowest BCUT2D eigenvalue weighted by Gasteiger charge is -2.24. The van der Waals surface area contributed by atoms with E-state index >= 15 is 0 Å². The minimum atomic E-state index is -2.41. The number of nitrogens with one attached hydrogen (secondary N) is 1. The molecular formula is C7H7N5O8. The summed E-state index contributed by atoms with van der Waals surface area (Å²) in [6.07, 6.45) is 0.980. The van der Waals surface area contributed by atoms with Crippen molar-refractivity contribution in [2.24, 2.45) is 0 Å². The molecule has 0 aromatic carbocycles. The fourth-order valence-corrected chi connectivity index (χ4v) is 1.68. The van der Waals surface area contributed by atoms with Gasteiger partial charge in [-0.3, -0.25) is 30.3 Å². The Balaban J connectivity index is 3.49. The molecule has 0 aromatic heterocycles. The standard InChI is InChI=1S/C7H7N5O8/c1-7(11(17)18)3-4(9(13)14)2-5(10(15)16)6(7)8-12(19)20/h2-3,6,8H,1H3. The van der Waals surface area contributed by atoms with E-state index in [9.17, 15) is 40.5 Å². The summed E-state index contributed by atoms with van der Waals surface area (Å²) in [4.78, 5) is 39.7. The van der Waals surface area contributed by atoms with Gasteiger partial charge >= 0.3 is 0 Å². The molecule has 2 atom stereocenters. The Labute approximate surface area is 109 Å². The first kappa shape index (κ1) is 14.9.